The van der Waals surface area contributed by atoms with Crippen molar-refractivity contribution in [3.63, 3.8) is 0 Å². The molecule has 1 aromatic heterocycles. The van der Waals surface area contributed by atoms with E-state index in [0.717, 1.165) is 4.90 Å². The Morgan fingerprint density at radius 2 is 2.16 bits per heavy atom. The van der Waals surface area contributed by atoms with Crippen LogP contribution in [0.5, 0.6) is 0 Å². The molecular weight excluding hydrogens is 318 g/mol. The topological polar surface area (TPSA) is 103 Å². The van der Waals surface area contributed by atoms with Crippen molar-refractivity contribution in [2.75, 3.05) is 11.9 Å². The number of amides is 1. The summed E-state index contributed by atoms with van der Waals surface area (Å²) in [7, 11) is 0. The molecule has 1 fully saturated rings. The van der Waals surface area contributed by atoms with Gasteiger partial charge < -0.3 is 15.5 Å². The molecule has 0 radical (unpaired) electrons. The Labute approximate surface area is 117 Å². The number of aliphatic carboxylic acids is 1. The summed E-state index contributed by atoms with van der Waals surface area (Å²) in [6.07, 6.45) is -1.01. The van der Waals surface area contributed by atoms with Gasteiger partial charge in [-0.2, -0.15) is 0 Å². The van der Waals surface area contributed by atoms with E-state index in [1.165, 1.54) is 0 Å². The second-order valence-corrected chi connectivity index (χ2v) is 5.02. The fraction of sp³-hybridized carbons (Fsp3) is 0.364. The Bertz CT molecular complexity index is 488. The largest absolute Gasteiger partial charge is 0.480 e. The van der Waals surface area contributed by atoms with E-state index in [2.05, 4.69) is 26.2 Å². The molecule has 2 heterocycles. The molecule has 0 aromatic carbocycles. The Hall–Kier alpha value is -1.83. The molecule has 19 heavy (non-hydrogen) atoms. The van der Waals surface area contributed by atoms with Crippen molar-refractivity contribution in [1.29, 1.82) is 0 Å². The minimum absolute atomic E-state index is 0.125. The van der Waals surface area contributed by atoms with Gasteiger partial charge in [-0.3, -0.25) is 4.90 Å². The minimum Gasteiger partial charge on any atom is -0.480 e. The van der Waals surface area contributed by atoms with Crippen LogP contribution in [0.3, 0.4) is 0 Å². The first-order chi connectivity index (χ1) is 8.97. The highest BCUT2D eigenvalue weighted by Gasteiger charge is 2.39. The number of hydrogen-bond acceptors (Lipinski definition) is 4. The summed E-state index contributed by atoms with van der Waals surface area (Å²) in [5.41, 5.74) is 0. The minimum atomic E-state index is -1.22. The van der Waals surface area contributed by atoms with Gasteiger partial charge in [0.25, 0.3) is 0 Å². The number of carboxylic acids is 1. The molecule has 1 aromatic rings. The molecule has 1 aliphatic rings. The number of hydrogen-bond donors (Lipinski definition) is 3. The number of likely N-dealkylation sites (tertiary alicyclic amines) is 1. The van der Waals surface area contributed by atoms with Crippen LogP contribution in [0.15, 0.2) is 22.8 Å². The highest BCUT2D eigenvalue weighted by atomic mass is 79.9. The standard InChI is InChI=1S/C11H12BrN3O4/c12-8-2-1-3-9(14-8)13-6-4-7(10(16)17)15(5-6)11(18)19/h1-3,6-7H,4-5H2,(H,13,14)(H,16,17)(H,18,19)/t6-,7-/m0/s1. The maximum Gasteiger partial charge on any atom is 0.408 e. The van der Waals surface area contributed by atoms with E-state index >= 15 is 0 Å². The smallest absolute Gasteiger partial charge is 0.408 e. The van der Waals surface area contributed by atoms with Crippen molar-refractivity contribution in [2.24, 2.45) is 0 Å². The Morgan fingerprint density at radius 1 is 1.42 bits per heavy atom. The SMILES string of the molecule is O=C(O)[C@@H]1C[C@H](Nc2cccc(Br)n2)CN1C(=O)O. The van der Waals surface area contributed by atoms with E-state index < -0.39 is 18.1 Å². The van der Waals surface area contributed by atoms with Crippen molar-refractivity contribution < 1.29 is 19.8 Å². The van der Waals surface area contributed by atoms with Crippen LogP contribution in [0.25, 0.3) is 0 Å². The fourth-order valence-electron chi connectivity index (χ4n) is 2.08. The van der Waals surface area contributed by atoms with Gasteiger partial charge in [-0.1, -0.05) is 6.07 Å². The molecule has 0 aliphatic carbocycles. The number of pyridine rings is 1. The molecule has 8 heteroatoms. The maximum absolute atomic E-state index is 11.0. The number of carboxylic acid groups (broad SMARTS) is 2. The molecule has 1 saturated heterocycles. The predicted octanol–water partition coefficient (Wildman–Crippen LogP) is 1.46. The third-order valence-electron chi connectivity index (χ3n) is 2.90. The zero-order chi connectivity index (χ0) is 14.0. The lowest BCUT2D eigenvalue weighted by atomic mass is 10.2. The van der Waals surface area contributed by atoms with Gasteiger partial charge in [0.1, 0.15) is 16.5 Å². The molecule has 2 rings (SSSR count). The summed E-state index contributed by atoms with van der Waals surface area (Å²) < 4.78 is 0.653. The molecule has 102 valence electrons. The molecule has 1 aliphatic heterocycles. The molecule has 0 unspecified atom stereocenters. The summed E-state index contributed by atoms with van der Waals surface area (Å²) in [6.45, 7) is 0.125. The van der Waals surface area contributed by atoms with Crippen molar-refractivity contribution >= 4 is 33.8 Å². The monoisotopic (exact) mass is 329 g/mol. The van der Waals surface area contributed by atoms with Crippen LogP contribution in [0.2, 0.25) is 0 Å². The van der Waals surface area contributed by atoms with Crippen LogP contribution in [-0.2, 0) is 4.79 Å². The number of rotatable bonds is 3. The van der Waals surface area contributed by atoms with Crippen molar-refractivity contribution in [3.05, 3.63) is 22.8 Å². The van der Waals surface area contributed by atoms with Gasteiger partial charge in [0.05, 0.1) is 0 Å². The Morgan fingerprint density at radius 3 is 2.68 bits per heavy atom. The molecule has 7 nitrogen and oxygen atoms in total. The quantitative estimate of drug-likeness (QED) is 0.725. The molecule has 3 N–H and O–H groups in total. The number of carbonyl (C=O) groups is 2. The summed E-state index contributed by atoms with van der Waals surface area (Å²) in [5, 5.41) is 21.0. The van der Waals surface area contributed by atoms with Crippen LogP contribution in [-0.4, -0.2) is 50.8 Å². The second-order valence-electron chi connectivity index (χ2n) is 4.21. The van der Waals surface area contributed by atoms with Crippen molar-refractivity contribution in [1.82, 2.24) is 9.88 Å². The van der Waals surface area contributed by atoms with E-state index in [4.69, 9.17) is 10.2 Å². The van der Waals surface area contributed by atoms with Gasteiger partial charge in [-0.15, -0.1) is 0 Å². The van der Waals surface area contributed by atoms with Crippen LogP contribution in [0, 0.1) is 0 Å². The lowest BCUT2D eigenvalue weighted by Crippen LogP contribution is -2.39. The third-order valence-corrected chi connectivity index (χ3v) is 3.34. The van der Waals surface area contributed by atoms with E-state index in [9.17, 15) is 9.59 Å². The number of nitrogens with one attached hydrogen (secondary N) is 1. The highest BCUT2D eigenvalue weighted by Crippen LogP contribution is 2.21. The fourth-order valence-corrected chi connectivity index (χ4v) is 2.43. The van der Waals surface area contributed by atoms with E-state index in [1.807, 2.05) is 0 Å². The van der Waals surface area contributed by atoms with Gasteiger partial charge in [0.2, 0.25) is 0 Å². The molecule has 2 atom stereocenters. The summed E-state index contributed by atoms with van der Waals surface area (Å²) >= 11 is 3.23. The highest BCUT2D eigenvalue weighted by molar-refractivity contribution is 9.10. The summed E-state index contributed by atoms with van der Waals surface area (Å²) in [4.78, 5) is 27.1. The maximum atomic E-state index is 11.0. The first-order valence-electron chi connectivity index (χ1n) is 5.59. The van der Waals surface area contributed by atoms with Gasteiger partial charge in [0.15, 0.2) is 0 Å². The van der Waals surface area contributed by atoms with Gasteiger partial charge >= 0.3 is 12.1 Å². The van der Waals surface area contributed by atoms with Crippen LogP contribution < -0.4 is 5.32 Å². The van der Waals surface area contributed by atoms with Crippen LogP contribution in [0.1, 0.15) is 6.42 Å². The molecular formula is C11H12BrN3O4. The molecule has 0 saturated carbocycles. The first kappa shape index (κ1) is 13.6. The van der Waals surface area contributed by atoms with Crippen molar-refractivity contribution in [3.8, 4) is 0 Å². The predicted molar refractivity (Wildman–Crippen MR) is 70.1 cm³/mol. The first-order valence-corrected chi connectivity index (χ1v) is 6.38. The van der Waals surface area contributed by atoms with E-state index in [-0.39, 0.29) is 19.0 Å². The lowest BCUT2D eigenvalue weighted by molar-refractivity contribution is -0.141. The van der Waals surface area contributed by atoms with Crippen LogP contribution in [0.4, 0.5) is 10.6 Å². The zero-order valence-corrected chi connectivity index (χ0v) is 11.4. The zero-order valence-electron chi connectivity index (χ0n) is 9.78. The molecule has 0 spiro atoms. The van der Waals surface area contributed by atoms with E-state index in [0.29, 0.717) is 10.4 Å². The summed E-state index contributed by atoms with van der Waals surface area (Å²) in [6, 6.07) is 4.02. The number of aromatic nitrogens is 1. The average Bonchev–Trinajstić information content (AvgIpc) is 2.73. The normalized spacial score (nSPS) is 22.3. The number of halogens is 1. The van der Waals surface area contributed by atoms with Crippen LogP contribution >= 0.6 is 15.9 Å². The molecule has 1 amide bonds. The van der Waals surface area contributed by atoms with Gasteiger partial charge in [-0.05, 0) is 28.1 Å². The molecule has 0 bridgehead atoms. The average molecular weight is 330 g/mol. The van der Waals surface area contributed by atoms with Gasteiger partial charge in [-0.25, -0.2) is 14.6 Å². The Kier molecular flexibility index (Phi) is 3.89. The van der Waals surface area contributed by atoms with E-state index in [1.54, 1.807) is 18.2 Å². The number of anilines is 1. The second kappa shape index (κ2) is 5.43. The van der Waals surface area contributed by atoms with Gasteiger partial charge in [0, 0.05) is 19.0 Å². The number of nitrogens with zero attached hydrogens (tertiary/aromatic N) is 2. The third kappa shape index (κ3) is 3.14. The lowest BCUT2D eigenvalue weighted by Gasteiger charge is -2.16. The Balaban J connectivity index is 2.07. The summed E-state index contributed by atoms with van der Waals surface area (Å²) in [5.74, 6) is -0.551. The van der Waals surface area contributed by atoms with Crippen molar-refractivity contribution in [2.45, 2.75) is 18.5 Å².